The first-order valence-corrected chi connectivity index (χ1v) is 6.79. The van der Waals surface area contributed by atoms with Crippen molar-refractivity contribution in [2.75, 3.05) is 13.1 Å². The second-order valence-electron chi connectivity index (χ2n) is 5.25. The number of nitrogens with one attached hydrogen (secondary N) is 1. The molecule has 2 rings (SSSR count). The van der Waals surface area contributed by atoms with E-state index in [-0.39, 0.29) is 24.4 Å². The fourth-order valence-corrected chi connectivity index (χ4v) is 2.89. The van der Waals surface area contributed by atoms with Gasteiger partial charge in [-0.25, -0.2) is 0 Å². The molecule has 0 bridgehead atoms. The Kier molecular flexibility index (Phi) is 4.02. The molecule has 1 aliphatic heterocycles. The Labute approximate surface area is 103 Å². The zero-order valence-corrected chi connectivity index (χ0v) is 10.6. The van der Waals surface area contributed by atoms with Crippen LogP contribution in [-0.2, 0) is 9.59 Å². The molecule has 4 heteroatoms. The van der Waals surface area contributed by atoms with Crippen molar-refractivity contribution in [3.63, 3.8) is 0 Å². The van der Waals surface area contributed by atoms with E-state index in [1.54, 1.807) is 4.90 Å². The number of piperazine rings is 1. The molecule has 2 aliphatic rings. The van der Waals surface area contributed by atoms with E-state index < -0.39 is 0 Å². The van der Waals surface area contributed by atoms with E-state index in [0.717, 1.165) is 6.54 Å². The van der Waals surface area contributed by atoms with Crippen molar-refractivity contribution in [2.24, 2.45) is 5.92 Å². The average Bonchev–Trinajstić information content (AvgIpc) is 2.34. The fourth-order valence-electron chi connectivity index (χ4n) is 2.89. The maximum Gasteiger partial charge on any atom is 0.245 e. The SMILES string of the molecule is CCC1NC(=O)CN(CC2CCCCC2)C1=O. The number of hydrogen-bond acceptors (Lipinski definition) is 2. The van der Waals surface area contributed by atoms with E-state index in [9.17, 15) is 9.59 Å². The molecule has 2 fully saturated rings. The van der Waals surface area contributed by atoms with Gasteiger partial charge in [0.2, 0.25) is 11.8 Å². The molecule has 1 aliphatic carbocycles. The molecule has 4 nitrogen and oxygen atoms in total. The maximum absolute atomic E-state index is 12.1. The van der Waals surface area contributed by atoms with E-state index in [2.05, 4.69) is 5.32 Å². The van der Waals surface area contributed by atoms with Gasteiger partial charge in [0.15, 0.2) is 0 Å². The second-order valence-corrected chi connectivity index (χ2v) is 5.25. The molecule has 2 amide bonds. The lowest BCUT2D eigenvalue weighted by Gasteiger charge is -2.35. The van der Waals surface area contributed by atoms with Crippen molar-refractivity contribution in [1.29, 1.82) is 0 Å². The van der Waals surface area contributed by atoms with E-state index in [4.69, 9.17) is 0 Å². The molecule has 1 atom stereocenters. The third kappa shape index (κ3) is 2.99. The maximum atomic E-state index is 12.1. The van der Waals surface area contributed by atoms with Crippen LogP contribution in [0.1, 0.15) is 45.4 Å². The van der Waals surface area contributed by atoms with Crippen molar-refractivity contribution in [1.82, 2.24) is 10.2 Å². The van der Waals surface area contributed by atoms with E-state index in [0.29, 0.717) is 12.3 Å². The Morgan fingerprint density at radius 2 is 1.94 bits per heavy atom. The molecule has 1 saturated heterocycles. The predicted molar refractivity (Wildman–Crippen MR) is 65.4 cm³/mol. The van der Waals surface area contributed by atoms with Gasteiger partial charge < -0.3 is 10.2 Å². The second kappa shape index (κ2) is 5.52. The summed E-state index contributed by atoms with van der Waals surface area (Å²) in [6.45, 7) is 2.97. The molecule has 0 spiro atoms. The molecule has 1 unspecified atom stereocenters. The van der Waals surface area contributed by atoms with Crippen molar-refractivity contribution in [3.05, 3.63) is 0 Å². The minimum Gasteiger partial charge on any atom is -0.343 e. The summed E-state index contributed by atoms with van der Waals surface area (Å²) in [7, 11) is 0. The van der Waals surface area contributed by atoms with Crippen LogP contribution in [0.2, 0.25) is 0 Å². The number of nitrogens with zero attached hydrogens (tertiary/aromatic N) is 1. The summed E-state index contributed by atoms with van der Waals surface area (Å²) >= 11 is 0. The summed E-state index contributed by atoms with van der Waals surface area (Å²) in [5.74, 6) is 0.709. The van der Waals surface area contributed by atoms with Gasteiger partial charge in [-0.05, 0) is 25.2 Å². The van der Waals surface area contributed by atoms with Gasteiger partial charge >= 0.3 is 0 Å². The Morgan fingerprint density at radius 3 is 2.59 bits per heavy atom. The quantitative estimate of drug-likeness (QED) is 0.805. The predicted octanol–water partition coefficient (Wildman–Crippen LogP) is 1.30. The van der Waals surface area contributed by atoms with Crippen molar-refractivity contribution < 1.29 is 9.59 Å². The van der Waals surface area contributed by atoms with Crippen LogP contribution in [0.5, 0.6) is 0 Å². The summed E-state index contributed by atoms with van der Waals surface area (Å²) in [4.78, 5) is 25.4. The lowest BCUT2D eigenvalue weighted by Crippen LogP contribution is -2.58. The summed E-state index contributed by atoms with van der Waals surface area (Å²) in [5.41, 5.74) is 0. The first kappa shape index (κ1) is 12.4. The number of hydrogen-bond donors (Lipinski definition) is 1. The Bertz CT molecular complexity index is 298. The lowest BCUT2D eigenvalue weighted by atomic mass is 9.88. The number of carbonyl (C=O) groups is 2. The van der Waals surface area contributed by atoms with Crippen LogP contribution in [0.3, 0.4) is 0 Å². The van der Waals surface area contributed by atoms with Crippen LogP contribution in [0.15, 0.2) is 0 Å². The molecule has 1 saturated carbocycles. The van der Waals surface area contributed by atoms with Gasteiger partial charge in [0.05, 0.1) is 6.54 Å². The van der Waals surface area contributed by atoms with Crippen LogP contribution >= 0.6 is 0 Å². The van der Waals surface area contributed by atoms with Crippen LogP contribution in [0.4, 0.5) is 0 Å². The molecule has 0 aromatic carbocycles. The summed E-state index contributed by atoms with van der Waals surface area (Å²) in [6.07, 6.45) is 6.98. The minimum atomic E-state index is -0.292. The molecule has 1 heterocycles. The van der Waals surface area contributed by atoms with Crippen LogP contribution in [0.25, 0.3) is 0 Å². The smallest absolute Gasteiger partial charge is 0.245 e. The molecule has 0 radical (unpaired) electrons. The average molecular weight is 238 g/mol. The number of carbonyl (C=O) groups excluding carboxylic acids is 2. The van der Waals surface area contributed by atoms with Gasteiger partial charge in [-0.3, -0.25) is 9.59 Å². The van der Waals surface area contributed by atoms with Crippen LogP contribution in [-0.4, -0.2) is 35.8 Å². The van der Waals surface area contributed by atoms with Gasteiger partial charge in [0.25, 0.3) is 0 Å². The van der Waals surface area contributed by atoms with E-state index in [1.807, 2.05) is 6.92 Å². The van der Waals surface area contributed by atoms with E-state index in [1.165, 1.54) is 32.1 Å². The third-order valence-corrected chi connectivity index (χ3v) is 3.89. The molecular weight excluding hydrogens is 216 g/mol. The highest BCUT2D eigenvalue weighted by atomic mass is 16.2. The highest BCUT2D eigenvalue weighted by Crippen LogP contribution is 2.25. The van der Waals surface area contributed by atoms with Crippen LogP contribution in [0, 0.1) is 5.92 Å². The largest absolute Gasteiger partial charge is 0.343 e. The first-order valence-electron chi connectivity index (χ1n) is 6.79. The molecule has 17 heavy (non-hydrogen) atoms. The minimum absolute atomic E-state index is 0.00717. The zero-order valence-electron chi connectivity index (χ0n) is 10.6. The summed E-state index contributed by atoms with van der Waals surface area (Å²) in [6, 6.07) is -0.292. The van der Waals surface area contributed by atoms with Crippen molar-refractivity contribution in [3.8, 4) is 0 Å². The number of rotatable bonds is 3. The van der Waals surface area contributed by atoms with Gasteiger partial charge in [-0.2, -0.15) is 0 Å². The van der Waals surface area contributed by atoms with Crippen LogP contribution < -0.4 is 5.32 Å². The highest BCUT2D eigenvalue weighted by molar-refractivity contribution is 5.94. The number of amides is 2. The van der Waals surface area contributed by atoms with Crippen molar-refractivity contribution in [2.45, 2.75) is 51.5 Å². The molecule has 96 valence electrons. The summed E-state index contributed by atoms with van der Waals surface area (Å²) < 4.78 is 0. The molecular formula is C13H22N2O2. The zero-order chi connectivity index (χ0) is 12.3. The third-order valence-electron chi connectivity index (χ3n) is 3.89. The topological polar surface area (TPSA) is 49.4 Å². The molecule has 0 aromatic rings. The standard InChI is InChI=1S/C13H22N2O2/c1-2-11-13(17)15(9-12(16)14-11)8-10-6-4-3-5-7-10/h10-11H,2-9H2,1H3,(H,14,16). The van der Waals surface area contributed by atoms with Crippen molar-refractivity contribution >= 4 is 11.8 Å². The fraction of sp³-hybridized carbons (Fsp3) is 0.846. The normalized spacial score (nSPS) is 27.1. The molecule has 0 aromatic heterocycles. The lowest BCUT2D eigenvalue weighted by molar-refractivity contribution is -0.145. The Balaban J connectivity index is 1.93. The van der Waals surface area contributed by atoms with E-state index >= 15 is 0 Å². The first-order chi connectivity index (χ1) is 8.20. The Morgan fingerprint density at radius 1 is 1.24 bits per heavy atom. The van der Waals surface area contributed by atoms with Gasteiger partial charge in [-0.1, -0.05) is 26.2 Å². The Hall–Kier alpha value is -1.06. The van der Waals surface area contributed by atoms with Gasteiger partial charge in [0.1, 0.15) is 6.04 Å². The van der Waals surface area contributed by atoms with Gasteiger partial charge in [-0.15, -0.1) is 0 Å². The molecule has 1 N–H and O–H groups in total. The summed E-state index contributed by atoms with van der Waals surface area (Å²) in [5, 5.41) is 2.75. The monoisotopic (exact) mass is 238 g/mol. The van der Waals surface area contributed by atoms with Gasteiger partial charge in [0, 0.05) is 6.54 Å². The highest BCUT2D eigenvalue weighted by Gasteiger charge is 2.32.